The number of nitrogens with one attached hydrogen (secondary N) is 1. The average Bonchev–Trinajstić information content (AvgIpc) is 2.56. The summed E-state index contributed by atoms with van der Waals surface area (Å²) in [7, 11) is 1.88. The maximum absolute atomic E-state index is 13.0. The molecule has 2 aromatic rings. The van der Waals surface area contributed by atoms with Crippen LogP contribution in [0.2, 0.25) is 0 Å². The first-order chi connectivity index (χ1) is 11.4. The summed E-state index contributed by atoms with van der Waals surface area (Å²) < 4.78 is 13.0. The van der Waals surface area contributed by atoms with E-state index >= 15 is 0 Å². The van der Waals surface area contributed by atoms with Gasteiger partial charge in [-0.05, 0) is 55.3 Å². The Balaban J connectivity index is 1.94. The van der Waals surface area contributed by atoms with Crippen LogP contribution in [0.1, 0.15) is 37.8 Å². The first-order valence-electron chi connectivity index (χ1n) is 8.22. The van der Waals surface area contributed by atoms with Crippen molar-refractivity contribution in [1.29, 1.82) is 0 Å². The molecule has 0 saturated carbocycles. The van der Waals surface area contributed by atoms with Gasteiger partial charge in [-0.3, -0.25) is 9.69 Å². The Morgan fingerprint density at radius 3 is 2.17 bits per heavy atom. The highest BCUT2D eigenvalue weighted by Gasteiger charge is 2.18. The molecule has 2 rings (SSSR count). The van der Waals surface area contributed by atoms with Gasteiger partial charge >= 0.3 is 0 Å². The molecule has 0 unspecified atom stereocenters. The first kappa shape index (κ1) is 18.1. The van der Waals surface area contributed by atoms with E-state index in [1.165, 1.54) is 17.7 Å². The van der Waals surface area contributed by atoms with Crippen LogP contribution < -0.4 is 5.32 Å². The van der Waals surface area contributed by atoms with Crippen LogP contribution >= 0.6 is 0 Å². The molecule has 0 aromatic heterocycles. The summed E-state index contributed by atoms with van der Waals surface area (Å²) in [5, 5.41) is 2.94. The van der Waals surface area contributed by atoms with Crippen molar-refractivity contribution in [3.8, 4) is 0 Å². The SMILES string of the molecule is CC(C)c1ccc(NC(=O)[C@@H](C)N(C)Cc2ccc(F)cc2)cc1. The second-order valence-electron chi connectivity index (χ2n) is 6.48. The predicted molar refractivity (Wildman–Crippen MR) is 96.5 cm³/mol. The largest absolute Gasteiger partial charge is 0.325 e. The highest BCUT2D eigenvalue weighted by atomic mass is 19.1. The molecule has 24 heavy (non-hydrogen) atoms. The topological polar surface area (TPSA) is 32.3 Å². The maximum atomic E-state index is 13.0. The normalized spacial score (nSPS) is 12.5. The standard InChI is InChI=1S/C20H25FN2O/c1-14(2)17-7-11-19(12-8-17)22-20(24)15(3)23(4)13-16-5-9-18(21)10-6-16/h5-12,14-15H,13H2,1-4H3,(H,22,24)/t15-/m1/s1. The van der Waals surface area contributed by atoms with Crippen molar-refractivity contribution in [3.63, 3.8) is 0 Å². The number of hydrogen-bond acceptors (Lipinski definition) is 2. The van der Waals surface area contributed by atoms with Gasteiger partial charge in [-0.2, -0.15) is 0 Å². The number of carbonyl (C=O) groups is 1. The van der Waals surface area contributed by atoms with Crippen molar-refractivity contribution < 1.29 is 9.18 Å². The minimum Gasteiger partial charge on any atom is -0.325 e. The fraction of sp³-hybridized carbons (Fsp3) is 0.350. The molecule has 4 heteroatoms. The number of nitrogens with zero attached hydrogens (tertiary/aromatic N) is 1. The van der Waals surface area contributed by atoms with E-state index in [-0.39, 0.29) is 17.8 Å². The van der Waals surface area contributed by atoms with E-state index in [1.54, 1.807) is 12.1 Å². The zero-order valence-electron chi connectivity index (χ0n) is 14.7. The molecular formula is C20H25FN2O. The Bertz CT molecular complexity index is 665. The fourth-order valence-corrected chi connectivity index (χ4v) is 2.41. The smallest absolute Gasteiger partial charge is 0.241 e. The number of benzene rings is 2. The number of amides is 1. The molecule has 0 aliphatic heterocycles. The molecule has 0 fully saturated rings. The van der Waals surface area contributed by atoms with E-state index in [4.69, 9.17) is 0 Å². The number of hydrogen-bond donors (Lipinski definition) is 1. The second kappa shape index (κ2) is 8.06. The van der Waals surface area contributed by atoms with Crippen molar-refractivity contribution >= 4 is 11.6 Å². The van der Waals surface area contributed by atoms with E-state index in [0.717, 1.165) is 11.3 Å². The van der Waals surface area contributed by atoms with Crippen LogP contribution in [0.5, 0.6) is 0 Å². The molecule has 1 amide bonds. The molecule has 0 saturated heterocycles. The highest BCUT2D eigenvalue weighted by Crippen LogP contribution is 2.17. The van der Waals surface area contributed by atoms with Crippen LogP contribution in [0, 0.1) is 5.82 Å². The van der Waals surface area contributed by atoms with E-state index in [9.17, 15) is 9.18 Å². The zero-order valence-corrected chi connectivity index (χ0v) is 14.7. The van der Waals surface area contributed by atoms with E-state index in [0.29, 0.717) is 12.5 Å². The van der Waals surface area contributed by atoms with Gasteiger partial charge in [0.05, 0.1) is 6.04 Å². The number of halogens is 1. The van der Waals surface area contributed by atoms with Gasteiger partial charge in [-0.1, -0.05) is 38.1 Å². The van der Waals surface area contributed by atoms with Gasteiger partial charge in [0, 0.05) is 12.2 Å². The third kappa shape index (κ3) is 4.90. The Labute approximate surface area is 143 Å². The summed E-state index contributed by atoms with van der Waals surface area (Å²) in [4.78, 5) is 14.3. The monoisotopic (exact) mass is 328 g/mol. The Hall–Kier alpha value is -2.20. The lowest BCUT2D eigenvalue weighted by molar-refractivity contribution is -0.120. The molecule has 0 aliphatic carbocycles. The van der Waals surface area contributed by atoms with Crippen molar-refractivity contribution in [2.24, 2.45) is 0 Å². The summed E-state index contributed by atoms with van der Waals surface area (Å²) in [5.41, 5.74) is 3.01. The minimum atomic E-state index is -0.292. The molecule has 0 aliphatic rings. The number of anilines is 1. The molecular weight excluding hydrogens is 303 g/mol. The lowest BCUT2D eigenvalue weighted by atomic mass is 10.0. The number of likely N-dealkylation sites (N-methyl/N-ethyl adjacent to an activating group) is 1. The van der Waals surface area contributed by atoms with Crippen molar-refractivity contribution in [2.45, 2.75) is 39.3 Å². The van der Waals surface area contributed by atoms with Crippen LogP contribution in [0.25, 0.3) is 0 Å². The average molecular weight is 328 g/mol. The summed E-state index contributed by atoms with van der Waals surface area (Å²) >= 11 is 0. The number of carbonyl (C=O) groups excluding carboxylic acids is 1. The molecule has 1 atom stereocenters. The molecule has 0 radical (unpaired) electrons. The molecule has 0 bridgehead atoms. The van der Waals surface area contributed by atoms with Gasteiger partial charge < -0.3 is 5.32 Å². The quantitative estimate of drug-likeness (QED) is 0.852. The van der Waals surface area contributed by atoms with Crippen LogP contribution in [0.15, 0.2) is 48.5 Å². The van der Waals surface area contributed by atoms with Gasteiger partial charge in [0.1, 0.15) is 5.82 Å². The van der Waals surface area contributed by atoms with E-state index in [2.05, 4.69) is 19.2 Å². The molecule has 128 valence electrons. The van der Waals surface area contributed by atoms with Crippen molar-refractivity contribution in [2.75, 3.05) is 12.4 Å². The van der Waals surface area contributed by atoms with Crippen LogP contribution in [0.3, 0.4) is 0 Å². The maximum Gasteiger partial charge on any atom is 0.241 e. The summed E-state index contributed by atoms with van der Waals surface area (Å²) in [6, 6.07) is 14.0. The molecule has 2 aromatic carbocycles. The van der Waals surface area contributed by atoms with Crippen molar-refractivity contribution in [3.05, 3.63) is 65.5 Å². The molecule has 3 nitrogen and oxygen atoms in total. The minimum absolute atomic E-state index is 0.0584. The lowest BCUT2D eigenvalue weighted by Crippen LogP contribution is -2.39. The lowest BCUT2D eigenvalue weighted by Gasteiger charge is -2.24. The van der Waals surface area contributed by atoms with E-state index in [1.807, 2.05) is 43.1 Å². The molecule has 0 spiro atoms. The van der Waals surface area contributed by atoms with Gasteiger partial charge in [0.25, 0.3) is 0 Å². The first-order valence-corrected chi connectivity index (χ1v) is 8.22. The van der Waals surface area contributed by atoms with Gasteiger partial charge in [0.2, 0.25) is 5.91 Å². The number of rotatable bonds is 6. The van der Waals surface area contributed by atoms with Crippen LogP contribution in [0.4, 0.5) is 10.1 Å². The van der Waals surface area contributed by atoms with Crippen molar-refractivity contribution in [1.82, 2.24) is 4.90 Å². The van der Waals surface area contributed by atoms with Gasteiger partial charge in [0.15, 0.2) is 0 Å². The van der Waals surface area contributed by atoms with E-state index < -0.39 is 0 Å². The Morgan fingerprint density at radius 1 is 1.04 bits per heavy atom. The van der Waals surface area contributed by atoms with Crippen LogP contribution in [-0.2, 0) is 11.3 Å². The summed E-state index contributed by atoms with van der Waals surface area (Å²) in [6.45, 7) is 6.72. The summed E-state index contributed by atoms with van der Waals surface area (Å²) in [6.07, 6.45) is 0. The Kier molecular flexibility index (Phi) is 6.10. The van der Waals surface area contributed by atoms with Gasteiger partial charge in [-0.15, -0.1) is 0 Å². The molecule has 0 heterocycles. The third-order valence-electron chi connectivity index (χ3n) is 4.23. The zero-order chi connectivity index (χ0) is 17.7. The third-order valence-corrected chi connectivity index (χ3v) is 4.23. The second-order valence-corrected chi connectivity index (χ2v) is 6.48. The highest BCUT2D eigenvalue weighted by molar-refractivity contribution is 5.94. The van der Waals surface area contributed by atoms with Crippen LogP contribution in [-0.4, -0.2) is 23.9 Å². The van der Waals surface area contributed by atoms with Gasteiger partial charge in [-0.25, -0.2) is 4.39 Å². The fourth-order valence-electron chi connectivity index (χ4n) is 2.41. The Morgan fingerprint density at radius 2 is 1.62 bits per heavy atom. The summed E-state index contributed by atoms with van der Waals surface area (Å²) in [5.74, 6) is 0.157. The predicted octanol–water partition coefficient (Wildman–Crippen LogP) is 4.41. The molecule has 1 N–H and O–H groups in total.